The second-order valence-corrected chi connectivity index (χ2v) is 5.22. The molecule has 1 aromatic rings. The molecule has 0 saturated heterocycles. The number of carbonyl (C=O) groups is 1. The van der Waals surface area contributed by atoms with E-state index in [2.05, 4.69) is 0 Å². The monoisotopic (exact) mass is 272 g/mol. The van der Waals surface area contributed by atoms with Crippen molar-refractivity contribution < 1.29 is 23.1 Å². The molecule has 1 N–H and O–H groups in total. The van der Waals surface area contributed by atoms with E-state index < -0.39 is 23.1 Å². The Kier molecular flexibility index (Phi) is 4.08. The van der Waals surface area contributed by atoms with E-state index in [0.717, 1.165) is 18.2 Å². The molecule has 0 aliphatic heterocycles. The molecule has 0 aliphatic carbocycles. The molecule has 0 aromatic heterocycles. The Balaban J connectivity index is 3.24. The van der Waals surface area contributed by atoms with E-state index in [1.807, 2.05) is 0 Å². The van der Waals surface area contributed by atoms with Crippen molar-refractivity contribution >= 4 is 11.5 Å². The second kappa shape index (κ2) is 5.07. The maximum absolute atomic E-state index is 12.5. The van der Waals surface area contributed by atoms with E-state index in [4.69, 9.17) is 5.11 Å². The molecule has 0 amide bonds. The molecule has 5 heteroatoms. The number of carboxylic acids is 1. The third-order valence-corrected chi connectivity index (χ3v) is 2.60. The van der Waals surface area contributed by atoms with E-state index >= 15 is 0 Å². The lowest BCUT2D eigenvalue weighted by Gasteiger charge is -2.23. The number of hydrogen-bond donors (Lipinski definition) is 1. The molecule has 2 nitrogen and oxygen atoms in total. The van der Waals surface area contributed by atoms with Crippen molar-refractivity contribution in [2.45, 2.75) is 26.9 Å². The maximum Gasteiger partial charge on any atom is 0.416 e. The standard InChI is InChI=1S/C14H15F3O2/c1-13(2,3)11(8-12(18)19)9-4-6-10(7-5-9)14(15,16)17/h4-8H,1-3H3,(H,18,19)/b11-8-. The van der Waals surface area contributed by atoms with Crippen LogP contribution in [0.1, 0.15) is 31.9 Å². The van der Waals surface area contributed by atoms with Crippen molar-refractivity contribution in [2.24, 2.45) is 5.41 Å². The van der Waals surface area contributed by atoms with Gasteiger partial charge >= 0.3 is 12.1 Å². The summed E-state index contributed by atoms with van der Waals surface area (Å²) in [6, 6.07) is 4.50. The number of benzene rings is 1. The first-order valence-corrected chi connectivity index (χ1v) is 5.64. The summed E-state index contributed by atoms with van der Waals surface area (Å²) in [4.78, 5) is 10.8. The van der Waals surface area contributed by atoms with Crippen LogP contribution in [0.15, 0.2) is 30.3 Å². The van der Waals surface area contributed by atoms with E-state index in [1.54, 1.807) is 20.8 Å². The SMILES string of the molecule is CC(C)(C)/C(=C\C(=O)O)c1ccc(C(F)(F)F)cc1. The highest BCUT2D eigenvalue weighted by atomic mass is 19.4. The van der Waals surface area contributed by atoms with Gasteiger partial charge in [0.2, 0.25) is 0 Å². The van der Waals surface area contributed by atoms with Crippen LogP contribution in [0.5, 0.6) is 0 Å². The molecule has 0 atom stereocenters. The summed E-state index contributed by atoms with van der Waals surface area (Å²) in [5.74, 6) is -1.12. The summed E-state index contributed by atoms with van der Waals surface area (Å²) >= 11 is 0. The maximum atomic E-state index is 12.5. The zero-order valence-corrected chi connectivity index (χ0v) is 10.9. The van der Waals surface area contributed by atoms with Crippen LogP contribution in [0.2, 0.25) is 0 Å². The molecule has 0 heterocycles. The van der Waals surface area contributed by atoms with Gasteiger partial charge in [-0.25, -0.2) is 4.79 Å². The summed E-state index contributed by atoms with van der Waals surface area (Å²) in [6.45, 7) is 5.42. The van der Waals surface area contributed by atoms with E-state index in [-0.39, 0.29) is 0 Å². The number of halogens is 3. The van der Waals surface area contributed by atoms with Crippen LogP contribution in [-0.4, -0.2) is 11.1 Å². The Labute approximate surface area is 109 Å². The van der Waals surface area contributed by atoms with Crippen molar-refractivity contribution in [3.63, 3.8) is 0 Å². The number of carboxylic acid groups (broad SMARTS) is 1. The van der Waals surface area contributed by atoms with Gasteiger partial charge in [0, 0.05) is 6.08 Å². The van der Waals surface area contributed by atoms with Gasteiger partial charge < -0.3 is 5.11 Å². The fourth-order valence-corrected chi connectivity index (χ4v) is 1.70. The molecule has 0 radical (unpaired) electrons. The number of allylic oxidation sites excluding steroid dienone is 1. The molecular weight excluding hydrogens is 257 g/mol. The lowest BCUT2D eigenvalue weighted by atomic mass is 9.81. The second-order valence-electron chi connectivity index (χ2n) is 5.22. The number of aliphatic carboxylic acids is 1. The molecule has 0 fully saturated rings. The van der Waals surface area contributed by atoms with Crippen LogP contribution in [0.3, 0.4) is 0 Å². The van der Waals surface area contributed by atoms with Gasteiger partial charge in [0.15, 0.2) is 0 Å². The molecule has 104 valence electrons. The zero-order chi connectivity index (χ0) is 14.8. The highest BCUT2D eigenvalue weighted by molar-refractivity contribution is 5.91. The predicted molar refractivity (Wildman–Crippen MR) is 66.5 cm³/mol. The Morgan fingerprint density at radius 1 is 1.11 bits per heavy atom. The highest BCUT2D eigenvalue weighted by Gasteiger charge is 2.30. The summed E-state index contributed by atoms with van der Waals surface area (Å²) < 4.78 is 37.4. The first kappa shape index (κ1) is 15.3. The molecule has 19 heavy (non-hydrogen) atoms. The van der Waals surface area contributed by atoms with Crippen molar-refractivity contribution in [1.29, 1.82) is 0 Å². The fourth-order valence-electron chi connectivity index (χ4n) is 1.70. The van der Waals surface area contributed by atoms with Gasteiger partial charge in [0.1, 0.15) is 0 Å². The van der Waals surface area contributed by atoms with Crippen LogP contribution in [-0.2, 0) is 11.0 Å². The van der Waals surface area contributed by atoms with Crippen LogP contribution in [0.4, 0.5) is 13.2 Å². The van der Waals surface area contributed by atoms with E-state index in [1.165, 1.54) is 12.1 Å². The Morgan fingerprint density at radius 3 is 1.89 bits per heavy atom. The molecular formula is C14H15F3O2. The van der Waals surface area contributed by atoms with Crippen LogP contribution in [0, 0.1) is 5.41 Å². The van der Waals surface area contributed by atoms with Crippen molar-refractivity contribution in [3.8, 4) is 0 Å². The fraction of sp³-hybridized carbons (Fsp3) is 0.357. The van der Waals surface area contributed by atoms with Gasteiger partial charge in [0.25, 0.3) is 0 Å². The van der Waals surface area contributed by atoms with Crippen molar-refractivity contribution in [1.82, 2.24) is 0 Å². The Morgan fingerprint density at radius 2 is 1.58 bits per heavy atom. The number of hydrogen-bond acceptors (Lipinski definition) is 1. The summed E-state index contributed by atoms with van der Waals surface area (Å²) in [7, 11) is 0. The van der Waals surface area contributed by atoms with E-state index in [9.17, 15) is 18.0 Å². The minimum Gasteiger partial charge on any atom is -0.478 e. The van der Waals surface area contributed by atoms with Gasteiger partial charge in [-0.15, -0.1) is 0 Å². The topological polar surface area (TPSA) is 37.3 Å². The summed E-state index contributed by atoms with van der Waals surface area (Å²) in [6.07, 6.45) is -3.36. The highest BCUT2D eigenvalue weighted by Crippen LogP contribution is 2.36. The zero-order valence-electron chi connectivity index (χ0n) is 10.9. The minimum absolute atomic E-state index is 0.474. The van der Waals surface area contributed by atoms with Gasteiger partial charge in [0.05, 0.1) is 5.56 Å². The van der Waals surface area contributed by atoms with Crippen LogP contribution in [0.25, 0.3) is 5.57 Å². The summed E-state index contributed by atoms with van der Waals surface area (Å²) in [5, 5.41) is 8.84. The largest absolute Gasteiger partial charge is 0.478 e. The molecule has 0 bridgehead atoms. The quantitative estimate of drug-likeness (QED) is 0.818. The normalized spacial score (nSPS) is 13.5. The Hall–Kier alpha value is -1.78. The van der Waals surface area contributed by atoms with Gasteiger partial charge in [-0.05, 0) is 28.7 Å². The molecule has 0 saturated carbocycles. The molecule has 1 rings (SSSR count). The van der Waals surface area contributed by atoms with Crippen molar-refractivity contribution in [2.75, 3.05) is 0 Å². The number of alkyl halides is 3. The van der Waals surface area contributed by atoms with Gasteiger partial charge in [-0.2, -0.15) is 13.2 Å². The summed E-state index contributed by atoms with van der Waals surface area (Å²) in [5.41, 5.74) is -0.269. The molecule has 1 aromatic carbocycles. The first-order valence-electron chi connectivity index (χ1n) is 5.64. The van der Waals surface area contributed by atoms with Crippen LogP contribution < -0.4 is 0 Å². The minimum atomic E-state index is -4.39. The van der Waals surface area contributed by atoms with Crippen molar-refractivity contribution in [3.05, 3.63) is 41.5 Å². The average molecular weight is 272 g/mol. The Bertz CT molecular complexity index is 491. The third kappa shape index (κ3) is 4.12. The molecule has 0 aliphatic rings. The third-order valence-electron chi connectivity index (χ3n) is 2.60. The molecule has 0 unspecified atom stereocenters. The smallest absolute Gasteiger partial charge is 0.416 e. The number of rotatable bonds is 2. The lowest BCUT2D eigenvalue weighted by molar-refractivity contribution is -0.137. The average Bonchev–Trinajstić information content (AvgIpc) is 2.23. The van der Waals surface area contributed by atoms with Crippen LogP contribution >= 0.6 is 0 Å². The first-order chi connectivity index (χ1) is 8.51. The lowest BCUT2D eigenvalue weighted by Crippen LogP contribution is -2.11. The van der Waals surface area contributed by atoms with Gasteiger partial charge in [-0.1, -0.05) is 32.9 Å². The van der Waals surface area contributed by atoms with Gasteiger partial charge in [-0.3, -0.25) is 0 Å². The predicted octanol–water partition coefficient (Wildman–Crippen LogP) is 4.22. The molecule has 0 spiro atoms. The van der Waals surface area contributed by atoms with E-state index in [0.29, 0.717) is 11.1 Å².